The van der Waals surface area contributed by atoms with Gasteiger partial charge in [0.15, 0.2) is 23.3 Å². The van der Waals surface area contributed by atoms with Gasteiger partial charge in [-0.05, 0) is 6.07 Å². The Kier molecular flexibility index (Phi) is 4.56. The van der Waals surface area contributed by atoms with Gasteiger partial charge in [0.2, 0.25) is 11.5 Å². The maximum atomic E-state index is 11.4. The Morgan fingerprint density at radius 3 is 2.24 bits per heavy atom. The van der Waals surface area contributed by atoms with Gasteiger partial charge < -0.3 is 50.7 Å². The molecule has 0 aliphatic carbocycles. The number of phenols is 3. The summed E-state index contributed by atoms with van der Waals surface area (Å²) in [6.45, 7) is -1.02. The quantitative estimate of drug-likeness (QED) is 0.185. The third kappa shape index (κ3) is 2.65. The van der Waals surface area contributed by atoms with Gasteiger partial charge in [-0.2, -0.15) is 0 Å². The van der Waals surface area contributed by atoms with E-state index in [-0.39, 0.29) is 0 Å². The van der Waals surface area contributed by atoms with E-state index in [2.05, 4.69) is 0 Å². The lowest BCUT2D eigenvalue weighted by atomic mass is 9.82. The largest absolute Gasteiger partial charge is 0.504 e. The predicted octanol–water partition coefficient (Wildman–Crippen LogP) is -3.59. The number of phenolic OH excluding ortho intramolecular Hbond substituents is 3. The van der Waals surface area contributed by atoms with Crippen molar-refractivity contribution in [3.8, 4) is 17.2 Å². The third-order valence-corrected chi connectivity index (χ3v) is 3.99. The van der Waals surface area contributed by atoms with Gasteiger partial charge in [0.25, 0.3) is 0 Å². The van der Waals surface area contributed by atoms with Gasteiger partial charge in [-0.1, -0.05) is 0 Å². The monoisotopic (exact) mass is 363 g/mol. The molecule has 1 aliphatic heterocycles. The van der Waals surface area contributed by atoms with Crippen LogP contribution in [-0.2, 0) is 10.5 Å². The second-order valence-corrected chi connectivity index (χ2v) is 5.59. The fourth-order valence-electron chi connectivity index (χ4n) is 2.64. The molecule has 1 unspecified atom stereocenters. The number of carboxylic acid groups (broad SMARTS) is 1. The number of aliphatic hydroxyl groups excluding tert-OH is 3. The van der Waals surface area contributed by atoms with E-state index in [4.69, 9.17) is 10.5 Å². The second-order valence-electron chi connectivity index (χ2n) is 5.59. The highest BCUT2D eigenvalue weighted by molar-refractivity contribution is 5.92. The number of carboxylic acids is 1. The zero-order valence-electron chi connectivity index (χ0n) is 12.4. The molecule has 1 fully saturated rings. The first kappa shape index (κ1) is 19.1. The average molecular weight is 363 g/mol. The fourth-order valence-corrected chi connectivity index (χ4v) is 2.64. The Balaban J connectivity index is 2.79. The van der Waals surface area contributed by atoms with E-state index in [1.807, 2.05) is 0 Å². The number of aliphatic hydroxyl groups is 5. The van der Waals surface area contributed by atoms with Crippen LogP contribution in [0.15, 0.2) is 6.07 Å². The molecule has 12 heteroatoms. The van der Waals surface area contributed by atoms with Gasteiger partial charge in [0.1, 0.15) is 12.2 Å². The zero-order chi connectivity index (χ0) is 19.3. The van der Waals surface area contributed by atoms with Crippen LogP contribution < -0.4 is 5.73 Å². The summed E-state index contributed by atoms with van der Waals surface area (Å²) in [7, 11) is 0. The summed E-state index contributed by atoms with van der Waals surface area (Å²) < 4.78 is 4.89. The lowest BCUT2D eigenvalue weighted by Crippen LogP contribution is -2.74. The SMILES string of the molecule is N[C@]1(O)[C@@H](O)[C@@H](CO)OC(O)(c2c(C(=O)O)cc(O)c(O)c2O)[C@@H]1O. The minimum atomic E-state index is -3.28. The van der Waals surface area contributed by atoms with E-state index in [1.54, 1.807) is 0 Å². The Bertz CT molecular complexity index is 706. The summed E-state index contributed by atoms with van der Waals surface area (Å²) in [5, 5.41) is 88.0. The molecule has 0 amide bonds. The molecule has 140 valence electrons. The highest BCUT2D eigenvalue weighted by Crippen LogP contribution is 2.49. The first-order valence-electron chi connectivity index (χ1n) is 6.79. The number of aromatic hydroxyl groups is 3. The van der Waals surface area contributed by atoms with Crippen LogP contribution >= 0.6 is 0 Å². The van der Waals surface area contributed by atoms with Gasteiger partial charge in [0.05, 0.1) is 17.7 Å². The van der Waals surface area contributed by atoms with Crippen molar-refractivity contribution in [3.05, 3.63) is 17.2 Å². The van der Waals surface area contributed by atoms with Crippen LogP contribution in [0.4, 0.5) is 0 Å². The second kappa shape index (κ2) is 5.96. The smallest absolute Gasteiger partial charge is 0.336 e. The van der Waals surface area contributed by atoms with Gasteiger partial charge >= 0.3 is 5.97 Å². The Morgan fingerprint density at radius 2 is 1.76 bits per heavy atom. The van der Waals surface area contributed by atoms with Crippen LogP contribution in [0.25, 0.3) is 0 Å². The van der Waals surface area contributed by atoms with Crippen molar-refractivity contribution < 1.29 is 55.5 Å². The highest BCUT2D eigenvalue weighted by atomic mass is 16.7. The molecular weight excluding hydrogens is 346 g/mol. The van der Waals surface area contributed by atoms with Crippen molar-refractivity contribution in [2.24, 2.45) is 5.73 Å². The number of carbonyl (C=O) groups is 1. The summed E-state index contributed by atoms with van der Waals surface area (Å²) in [6.07, 6.45) is -6.54. The molecule has 1 heterocycles. The van der Waals surface area contributed by atoms with Gasteiger partial charge in [0, 0.05) is 0 Å². The number of hydrogen-bond acceptors (Lipinski definition) is 11. The number of rotatable bonds is 3. The standard InChI is InChI=1S/C13H17NO11/c14-12(23)9(19)5(2-15)25-13(24,11(12)22)6-3(10(20)21)1-4(16)7(17)8(6)18/h1,5,9,11,15-19,22-24H,2,14H2,(H,20,21)/t5-,9+,11-,12+,13?/m1/s1. The van der Waals surface area contributed by atoms with Gasteiger partial charge in [-0.3, -0.25) is 5.73 Å². The van der Waals surface area contributed by atoms with E-state index in [0.29, 0.717) is 6.07 Å². The first-order chi connectivity index (χ1) is 11.4. The number of aromatic carboxylic acids is 1. The number of nitrogens with two attached hydrogens (primary N) is 1. The molecule has 5 atom stereocenters. The first-order valence-corrected chi connectivity index (χ1v) is 6.79. The maximum Gasteiger partial charge on any atom is 0.336 e. The third-order valence-electron chi connectivity index (χ3n) is 3.99. The molecule has 12 nitrogen and oxygen atoms in total. The average Bonchev–Trinajstić information content (AvgIpc) is 2.54. The number of hydrogen-bond donors (Lipinski definition) is 10. The predicted molar refractivity (Wildman–Crippen MR) is 75.4 cm³/mol. The summed E-state index contributed by atoms with van der Waals surface area (Å²) in [5.74, 6) is -8.80. The van der Waals surface area contributed by atoms with Gasteiger partial charge in [-0.25, -0.2) is 4.79 Å². The van der Waals surface area contributed by atoms with Crippen LogP contribution in [-0.4, -0.2) is 82.6 Å². The van der Waals surface area contributed by atoms with E-state index in [9.17, 15) is 50.8 Å². The van der Waals surface area contributed by atoms with Crippen LogP contribution in [0.3, 0.4) is 0 Å². The molecule has 25 heavy (non-hydrogen) atoms. The minimum Gasteiger partial charge on any atom is -0.504 e. The number of benzene rings is 1. The van der Waals surface area contributed by atoms with Gasteiger partial charge in [-0.15, -0.1) is 0 Å². The summed E-state index contributed by atoms with van der Waals surface area (Å²) >= 11 is 0. The summed E-state index contributed by atoms with van der Waals surface area (Å²) in [6, 6.07) is 0.440. The fraction of sp³-hybridized carbons (Fsp3) is 0.462. The molecule has 0 bridgehead atoms. The summed E-state index contributed by atoms with van der Waals surface area (Å²) in [4.78, 5) is 11.4. The lowest BCUT2D eigenvalue weighted by Gasteiger charge is -2.50. The molecule has 11 N–H and O–H groups in total. The number of ether oxygens (including phenoxy) is 1. The van der Waals surface area contributed by atoms with Crippen LogP contribution in [0.1, 0.15) is 15.9 Å². The normalized spacial score (nSPS) is 35.5. The van der Waals surface area contributed by atoms with Crippen LogP contribution in [0.5, 0.6) is 17.2 Å². The van der Waals surface area contributed by atoms with Crippen molar-refractivity contribution in [1.29, 1.82) is 0 Å². The van der Waals surface area contributed by atoms with E-state index in [0.717, 1.165) is 0 Å². The topological polar surface area (TPSA) is 234 Å². The molecule has 2 rings (SSSR count). The maximum absolute atomic E-state index is 11.4. The van der Waals surface area contributed by atoms with Crippen molar-refractivity contribution in [2.75, 3.05) is 6.61 Å². The molecule has 1 aliphatic rings. The molecule has 0 radical (unpaired) electrons. The van der Waals surface area contributed by atoms with Crippen molar-refractivity contribution in [3.63, 3.8) is 0 Å². The van der Waals surface area contributed by atoms with Crippen LogP contribution in [0.2, 0.25) is 0 Å². The lowest BCUT2D eigenvalue weighted by molar-refractivity contribution is -0.383. The Labute approximate surface area is 139 Å². The summed E-state index contributed by atoms with van der Waals surface area (Å²) in [5.41, 5.74) is 0.177. The van der Waals surface area contributed by atoms with Crippen molar-refractivity contribution >= 4 is 5.97 Å². The van der Waals surface area contributed by atoms with Crippen LogP contribution in [0, 0.1) is 0 Å². The minimum absolute atomic E-state index is 0.440. The van der Waals surface area contributed by atoms with Crippen molar-refractivity contribution in [1.82, 2.24) is 0 Å². The van der Waals surface area contributed by atoms with E-state index in [1.165, 1.54) is 0 Å². The molecule has 0 saturated carbocycles. The molecule has 0 aromatic heterocycles. The molecular formula is C13H17NO11. The highest BCUT2D eigenvalue weighted by Gasteiger charge is 2.62. The Morgan fingerprint density at radius 1 is 1.20 bits per heavy atom. The molecule has 1 saturated heterocycles. The van der Waals surface area contributed by atoms with E-state index < -0.39 is 70.8 Å². The molecule has 0 spiro atoms. The van der Waals surface area contributed by atoms with Crippen molar-refractivity contribution in [2.45, 2.75) is 29.8 Å². The Hall–Kier alpha value is -2.19. The van der Waals surface area contributed by atoms with E-state index >= 15 is 0 Å². The molecule has 1 aromatic carbocycles. The molecule has 1 aromatic rings. The zero-order valence-corrected chi connectivity index (χ0v) is 12.4.